The summed E-state index contributed by atoms with van der Waals surface area (Å²) in [5.41, 5.74) is 2.24. The Labute approximate surface area is 140 Å². The molecule has 1 aromatic carbocycles. The van der Waals surface area contributed by atoms with E-state index in [1.807, 2.05) is 25.1 Å². The molecule has 1 aromatic heterocycles. The molecule has 2 aromatic rings. The number of morpholine rings is 1. The molecular formula is C17H20N4O3. The van der Waals surface area contributed by atoms with Crippen molar-refractivity contribution in [1.82, 2.24) is 14.9 Å². The molecule has 0 saturated carbocycles. The van der Waals surface area contributed by atoms with Gasteiger partial charge in [-0.2, -0.15) is 0 Å². The summed E-state index contributed by atoms with van der Waals surface area (Å²) in [6, 6.07) is 5.83. The van der Waals surface area contributed by atoms with Crippen LogP contribution in [-0.2, 0) is 4.74 Å². The fraction of sp³-hybridized carbons (Fsp3) is 0.353. The average Bonchev–Trinajstić information content (AvgIpc) is 2.63. The number of benzene rings is 1. The minimum Gasteiger partial charge on any atom is -0.495 e. The number of rotatable bonds is 4. The summed E-state index contributed by atoms with van der Waals surface area (Å²) in [5.74, 6) is 1.15. The fourth-order valence-electron chi connectivity index (χ4n) is 2.49. The summed E-state index contributed by atoms with van der Waals surface area (Å²) >= 11 is 0. The maximum Gasteiger partial charge on any atom is 0.274 e. The van der Waals surface area contributed by atoms with E-state index in [1.54, 1.807) is 18.2 Å². The molecule has 1 amide bonds. The van der Waals surface area contributed by atoms with Crippen molar-refractivity contribution in [2.45, 2.75) is 6.92 Å². The van der Waals surface area contributed by atoms with E-state index in [0.29, 0.717) is 37.8 Å². The summed E-state index contributed by atoms with van der Waals surface area (Å²) in [5, 5.41) is 3.17. The van der Waals surface area contributed by atoms with Gasteiger partial charge in [0, 0.05) is 13.1 Å². The minimum absolute atomic E-state index is 0.120. The molecule has 0 radical (unpaired) electrons. The second-order valence-electron chi connectivity index (χ2n) is 5.52. The van der Waals surface area contributed by atoms with Gasteiger partial charge in [0.2, 0.25) is 0 Å². The number of hydrogen-bond donors (Lipinski definition) is 1. The molecule has 1 fully saturated rings. The van der Waals surface area contributed by atoms with Crippen molar-refractivity contribution in [3.63, 3.8) is 0 Å². The monoisotopic (exact) mass is 328 g/mol. The minimum atomic E-state index is -0.120. The number of ether oxygens (including phenoxy) is 2. The van der Waals surface area contributed by atoms with Crippen molar-refractivity contribution < 1.29 is 14.3 Å². The Kier molecular flexibility index (Phi) is 4.90. The Morgan fingerprint density at radius 1 is 1.25 bits per heavy atom. The lowest BCUT2D eigenvalue weighted by Crippen LogP contribution is -2.41. The summed E-state index contributed by atoms with van der Waals surface area (Å²) in [7, 11) is 1.62. The topological polar surface area (TPSA) is 76.6 Å². The number of aryl methyl sites for hydroxylation is 1. The number of amides is 1. The number of aromatic nitrogens is 2. The molecule has 0 unspecified atom stereocenters. The Hall–Kier alpha value is -2.67. The van der Waals surface area contributed by atoms with Gasteiger partial charge in [-0.05, 0) is 24.6 Å². The normalized spacial score (nSPS) is 14.3. The van der Waals surface area contributed by atoms with E-state index in [1.165, 1.54) is 6.20 Å². The number of carbonyl (C=O) groups excluding carboxylic acids is 1. The first-order valence-corrected chi connectivity index (χ1v) is 7.78. The van der Waals surface area contributed by atoms with Crippen molar-refractivity contribution in [3.05, 3.63) is 41.9 Å². The highest BCUT2D eigenvalue weighted by molar-refractivity contribution is 5.92. The molecule has 3 rings (SSSR count). The van der Waals surface area contributed by atoms with E-state index in [9.17, 15) is 4.79 Å². The maximum atomic E-state index is 12.3. The molecule has 1 aliphatic heterocycles. The zero-order chi connectivity index (χ0) is 16.9. The summed E-state index contributed by atoms with van der Waals surface area (Å²) in [6.07, 6.45) is 3.04. The third-order valence-corrected chi connectivity index (χ3v) is 3.79. The van der Waals surface area contributed by atoms with E-state index >= 15 is 0 Å². The third-order valence-electron chi connectivity index (χ3n) is 3.79. The van der Waals surface area contributed by atoms with Crippen LogP contribution in [0.1, 0.15) is 16.1 Å². The molecular weight excluding hydrogens is 308 g/mol. The van der Waals surface area contributed by atoms with Crippen LogP contribution in [0.4, 0.5) is 11.5 Å². The molecule has 1 N–H and O–H groups in total. The molecule has 2 heterocycles. The Morgan fingerprint density at radius 2 is 2.04 bits per heavy atom. The maximum absolute atomic E-state index is 12.3. The second-order valence-corrected chi connectivity index (χ2v) is 5.52. The van der Waals surface area contributed by atoms with Gasteiger partial charge < -0.3 is 19.7 Å². The molecule has 1 saturated heterocycles. The van der Waals surface area contributed by atoms with Gasteiger partial charge in [0.1, 0.15) is 17.3 Å². The van der Waals surface area contributed by atoms with Gasteiger partial charge >= 0.3 is 0 Å². The van der Waals surface area contributed by atoms with Gasteiger partial charge in [-0.25, -0.2) is 9.97 Å². The van der Waals surface area contributed by atoms with E-state index < -0.39 is 0 Å². The lowest BCUT2D eigenvalue weighted by Gasteiger charge is -2.26. The summed E-state index contributed by atoms with van der Waals surface area (Å²) < 4.78 is 10.6. The van der Waals surface area contributed by atoms with Crippen LogP contribution in [0.2, 0.25) is 0 Å². The molecule has 0 atom stereocenters. The fourth-order valence-corrected chi connectivity index (χ4v) is 2.49. The van der Waals surface area contributed by atoms with Gasteiger partial charge in [0.05, 0.1) is 38.4 Å². The van der Waals surface area contributed by atoms with Crippen LogP contribution in [0.25, 0.3) is 0 Å². The highest BCUT2D eigenvalue weighted by Gasteiger charge is 2.19. The van der Waals surface area contributed by atoms with Crippen LogP contribution < -0.4 is 10.1 Å². The molecule has 7 heteroatoms. The van der Waals surface area contributed by atoms with E-state index in [2.05, 4.69) is 15.3 Å². The van der Waals surface area contributed by atoms with Crippen molar-refractivity contribution in [3.8, 4) is 5.75 Å². The van der Waals surface area contributed by atoms with E-state index in [-0.39, 0.29) is 5.91 Å². The number of carbonyl (C=O) groups is 1. The molecule has 1 aliphatic rings. The third kappa shape index (κ3) is 3.62. The molecule has 126 valence electrons. The van der Waals surface area contributed by atoms with Crippen LogP contribution in [0.15, 0.2) is 30.6 Å². The van der Waals surface area contributed by atoms with Crippen molar-refractivity contribution >= 4 is 17.4 Å². The number of anilines is 2. The molecule has 24 heavy (non-hydrogen) atoms. The lowest BCUT2D eigenvalue weighted by atomic mass is 10.2. The lowest BCUT2D eigenvalue weighted by molar-refractivity contribution is 0.0298. The number of hydrogen-bond acceptors (Lipinski definition) is 6. The SMILES string of the molecule is COc1ccc(C)cc1Nc1cnc(C(=O)N2CCOCC2)cn1. The van der Waals surface area contributed by atoms with E-state index in [0.717, 1.165) is 17.0 Å². The molecule has 7 nitrogen and oxygen atoms in total. The largest absolute Gasteiger partial charge is 0.495 e. The average molecular weight is 328 g/mol. The van der Waals surface area contributed by atoms with E-state index in [4.69, 9.17) is 9.47 Å². The number of methoxy groups -OCH3 is 1. The Bertz CT molecular complexity index is 712. The van der Waals surface area contributed by atoms with Crippen LogP contribution in [0.5, 0.6) is 5.75 Å². The Morgan fingerprint density at radius 3 is 2.71 bits per heavy atom. The van der Waals surface area contributed by atoms with Crippen molar-refractivity contribution in [1.29, 1.82) is 0 Å². The first-order valence-electron chi connectivity index (χ1n) is 7.78. The second kappa shape index (κ2) is 7.27. The van der Waals surface area contributed by atoms with Gasteiger partial charge in [-0.15, -0.1) is 0 Å². The molecule has 0 aliphatic carbocycles. The first kappa shape index (κ1) is 16.2. The highest BCUT2D eigenvalue weighted by atomic mass is 16.5. The highest BCUT2D eigenvalue weighted by Crippen LogP contribution is 2.27. The predicted octanol–water partition coefficient (Wildman–Crippen LogP) is 2.01. The molecule has 0 spiro atoms. The smallest absolute Gasteiger partial charge is 0.274 e. The zero-order valence-electron chi connectivity index (χ0n) is 13.8. The Balaban J connectivity index is 1.73. The van der Waals surface area contributed by atoms with Gasteiger partial charge in [-0.1, -0.05) is 6.07 Å². The predicted molar refractivity (Wildman–Crippen MR) is 89.8 cm³/mol. The quantitative estimate of drug-likeness (QED) is 0.925. The number of nitrogens with zero attached hydrogens (tertiary/aromatic N) is 3. The van der Waals surface area contributed by atoms with Gasteiger partial charge in [0.25, 0.3) is 5.91 Å². The zero-order valence-corrected chi connectivity index (χ0v) is 13.8. The number of nitrogens with one attached hydrogen (secondary N) is 1. The summed E-state index contributed by atoms with van der Waals surface area (Å²) in [4.78, 5) is 22.6. The van der Waals surface area contributed by atoms with Crippen LogP contribution in [-0.4, -0.2) is 54.2 Å². The molecule has 0 bridgehead atoms. The van der Waals surface area contributed by atoms with Gasteiger partial charge in [0.15, 0.2) is 0 Å². The van der Waals surface area contributed by atoms with Crippen LogP contribution in [0, 0.1) is 6.92 Å². The van der Waals surface area contributed by atoms with Crippen LogP contribution >= 0.6 is 0 Å². The standard InChI is InChI=1S/C17H20N4O3/c1-12-3-4-15(23-2)13(9-12)20-16-11-18-14(10-19-16)17(22)21-5-7-24-8-6-21/h3-4,9-11H,5-8H2,1-2H3,(H,19,20). The van der Waals surface area contributed by atoms with Crippen LogP contribution in [0.3, 0.4) is 0 Å². The van der Waals surface area contributed by atoms with Crippen molar-refractivity contribution in [2.24, 2.45) is 0 Å². The summed E-state index contributed by atoms with van der Waals surface area (Å²) in [6.45, 7) is 4.29. The van der Waals surface area contributed by atoms with Crippen molar-refractivity contribution in [2.75, 3.05) is 38.7 Å². The first-order chi connectivity index (χ1) is 11.7. The van der Waals surface area contributed by atoms with Gasteiger partial charge in [-0.3, -0.25) is 4.79 Å².